The van der Waals surface area contributed by atoms with E-state index < -0.39 is 5.60 Å². The van der Waals surface area contributed by atoms with Crippen LogP contribution in [0.5, 0.6) is 0 Å². The Bertz CT molecular complexity index is 280. The van der Waals surface area contributed by atoms with Crippen LogP contribution in [0.1, 0.15) is 40.5 Å². The summed E-state index contributed by atoms with van der Waals surface area (Å²) in [5.74, 6) is 0.459. The number of carbonyl (C=O) groups is 2. The van der Waals surface area contributed by atoms with Gasteiger partial charge in [0.15, 0.2) is 0 Å². The van der Waals surface area contributed by atoms with E-state index in [4.69, 9.17) is 4.74 Å². The maximum Gasteiger partial charge on any atom is 0.410 e. The lowest BCUT2D eigenvalue weighted by Crippen LogP contribution is -2.38. The summed E-state index contributed by atoms with van der Waals surface area (Å²) in [7, 11) is 0. The van der Waals surface area contributed by atoms with Gasteiger partial charge >= 0.3 is 6.09 Å². The number of hydrogen-bond donors (Lipinski definition) is 0. The van der Waals surface area contributed by atoms with Crippen LogP contribution in [0.2, 0.25) is 0 Å². The van der Waals surface area contributed by atoms with Crippen LogP contribution < -0.4 is 0 Å². The van der Waals surface area contributed by atoms with Gasteiger partial charge in [-0.1, -0.05) is 6.92 Å². The predicted molar refractivity (Wildman–Crippen MR) is 61.2 cm³/mol. The van der Waals surface area contributed by atoms with Crippen molar-refractivity contribution >= 4 is 11.9 Å². The highest BCUT2D eigenvalue weighted by atomic mass is 16.6. The van der Waals surface area contributed by atoms with Crippen molar-refractivity contribution in [3.8, 4) is 0 Å². The minimum absolute atomic E-state index is 0.225. The average molecular weight is 227 g/mol. The van der Waals surface area contributed by atoms with Gasteiger partial charge in [0.25, 0.3) is 0 Å². The molecule has 16 heavy (non-hydrogen) atoms. The maximum absolute atomic E-state index is 11.8. The molecule has 0 N–H and O–H groups in total. The van der Waals surface area contributed by atoms with Gasteiger partial charge < -0.3 is 9.64 Å². The summed E-state index contributed by atoms with van der Waals surface area (Å²) in [6, 6.07) is 0. The Kier molecular flexibility index (Phi) is 3.94. The van der Waals surface area contributed by atoms with Crippen molar-refractivity contribution in [2.75, 3.05) is 13.1 Å². The van der Waals surface area contributed by atoms with E-state index in [1.807, 2.05) is 27.7 Å². The number of likely N-dealkylation sites (tertiary alicyclic amines) is 1. The smallest absolute Gasteiger partial charge is 0.410 e. The Morgan fingerprint density at radius 2 is 2.06 bits per heavy atom. The number of nitrogens with zero attached hydrogens (tertiary/aromatic N) is 1. The normalized spacial score (nSPS) is 22.9. The Morgan fingerprint density at radius 1 is 1.44 bits per heavy atom. The third kappa shape index (κ3) is 4.21. The Balaban J connectivity index is 2.59. The van der Waals surface area contributed by atoms with E-state index in [0.29, 0.717) is 25.9 Å². The van der Waals surface area contributed by atoms with E-state index in [1.165, 1.54) is 0 Å². The van der Waals surface area contributed by atoms with Crippen LogP contribution in [-0.2, 0) is 9.53 Å². The zero-order valence-corrected chi connectivity index (χ0v) is 10.6. The van der Waals surface area contributed by atoms with E-state index in [0.717, 1.165) is 0 Å². The molecular formula is C12H21NO3. The second-order valence-electron chi connectivity index (χ2n) is 5.52. The minimum atomic E-state index is -0.476. The SMILES string of the molecule is C[C@H]1CC(=O)CCN(C(=O)OC(C)(C)C)C1. The van der Waals surface area contributed by atoms with Crippen molar-refractivity contribution in [1.29, 1.82) is 0 Å². The van der Waals surface area contributed by atoms with Crippen molar-refractivity contribution in [3.63, 3.8) is 0 Å². The highest BCUT2D eigenvalue weighted by Gasteiger charge is 2.26. The first kappa shape index (κ1) is 13.0. The van der Waals surface area contributed by atoms with Crippen LogP contribution in [0, 0.1) is 5.92 Å². The molecule has 1 heterocycles. The van der Waals surface area contributed by atoms with Gasteiger partial charge in [-0.15, -0.1) is 0 Å². The lowest BCUT2D eigenvalue weighted by molar-refractivity contribution is -0.119. The molecule has 0 saturated carbocycles. The summed E-state index contributed by atoms with van der Waals surface area (Å²) >= 11 is 0. The van der Waals surface area contributed by atoms with Crippen molar-refractivity contribution in [2.24, 2.45) is 5.92 Å². The molecule has 1 saturated heterocycles. The topological polar surface area (TPSA) is 46.6 Å². The van der Waals surface area contributed by atoms with Crippen molar-refractivity contribution in [1.82, 2.24) is 4.90 Å². The summed E-state index contributed by atoms with van der Waals surface area (Å²) in [4.78, 5) is 24.8. The largest absolute Gasteiger partial charge is 0.444 e. The summed E-state index contributed by atoms with van der Waals surface area (Å²) < 4.78 is 5.29. The molecule has 0 aromatic carbocycles. The minimum Gasteiger partial charge on any atom is -0.444 e. The molecule has 4 nitrogen and oxygen atoms in total. The molecule has 0 unspecified atom stereocenters. The average Bonchev–Trinajstić information content (AvgIpc) is 2.23. The number of ether oxygens (including phenoxy) is 1. The number of ketones is 1. The Hall–Kier alpha value is -1.06. The highest BCUT2D eigenvalue weighted by molar-refractivity contribution is 5.80. The summed E-state index contributed by atoms with van der Waals surface area (Å²) in [6.07, 6.45) is 0.706. The number of amides is 1. The van der Waals surface area contributed by atoms with E-state index in [1.54, 1.807) is 4.90 Å². The first-order valence-electron chi connectivity index (χ1n) is 5.77. The molecule has 0 bridgehead atoms. The maximum atomic E-state index is 11.8. The van der Waals surface area contributed by atoms with Crippen LogP contribution in [0.4, 0.5) is 4.79 Å². The van der Waals surface area contributed by atoms with Gasteiger partial charge in [0, 0.05) is 25.9 Å². The second kappa shape index (κ2) is 4.85. The van der Waals surface area contributed by atoms with Crippen LogP contribution in [0.25, 0.3) is 0 Å². The van der Waals surface area contributed by atoms with E-state index in [-0.39, 0.29) is 17.8 Å². The zero-order chi connectivity index (χ0) is 12.3. The monoisotopic (exact) mass is 227 g/mol. The fraction of sp³-hybridized carbons (Fsp3) is 0.833. The van der Waals surface area contributed by atoms with Crippen LogP contribution in [-0.4, -0.2) is 35.5 Å². The molecule has 1 atom stereocenters. The molecule has 0 aromatic heterocycles. The second-order valence-corrected chi connectivity index (χ2v) is 5.52. The standard InChI is InChI=1S/C12H21NO3/c1-9-7-10(14)5-6-13(8-9)11(15)16-12(2,3)4/h9H,5-8H2,1-4H3/t9-/m0/s1. The van der Waals surface area contributed by atoms with Gasteiger partial charge in [0.2, 0.25) is 0 Å². The van der Waals surface area contributed by atoms with E-state index in [2.05, 4.69) is 0 Å². The molecule has 1 fully saturated rings. The van der Waals surface area contributed by atoms with Crippen LogP contribution in [0.3, 0.4) is 0 Å². The van der Waals surface area contributed by atoms with Gasteiger partial charge in [0.05, 0.1) is 0 Å². The molecule has 92 valence electrons. The van der Waals surface area contributed by atoms with Gasteiger partial charge in [-0.3, -0.25) is 4.79 Å². The van der Waals surface area contributed by atoms with Gasteiger partial charge in [-0.05, 0) is 26.7 Å². The molecule has 1 aliphatic heterocycles. The predicted octanol–water partition coefficient (Wildman–Crippen LogP) is 2.22. The molecule has 0 radical (unpaired) electrons. The summed E-state index contributed by atoms with van der Waals surface area (Å²) in [5.41, 5.74) is -0.476. The lowest BCUT2D eigenvalue weighted by atomic mass is 10.1. The van der Waals surface area contributed by atoms with Gasteiger partial charge in [-0.2, -0.15) is 0 Å². The third-order valence-electron chi connectivity index (χ3n) is 2.42. The van der Waals surface area contributed by atoms with Crippen molar-refractivity contribution < 1.29 is 14.3 Å². The number of hydrogen-bond acceptors (Lipinski definition) is 3. The van der Waals surface area contributed by atoms with Crippen molar-refractivity contribution in [2.45, 2.75) is 46.1 Å². The van der Waals surface area contributed by atoms with Crippen LogP contribution >= 0.6 is 0 Å². The van der Waals surface area contributed by atoms with Gasteiger partial charge in [-0.25, -0.2) is 4.79 Å². The van der Waals surface area contributed by atoms with Crippen LogP contribution in [0.15, 0.2) is 0 Å². The first-order valence-corrected chi connectivity index (χ1v) is 5.77. The molecule has 0 spiro atoms. The first-order chi connectivity index (χ1) is 7.28. The quantitative estimate of drug-likeness (QED) is 0.637. The molecule has 4 heteroatoms. The fourth-order valence-corrected chi connectivity index (χ4v) is 1.77. The summed E-state index contributed by atoms with van der Waals surface area (Å²) in [6.45, 7) is 8.62. The molecule has 0 aromatic rings. The number of carbonyl (C=O) groups excluding carboxylic acids is 2. The molecular weight excluding hydrogens is 206 g/mol. The van der Waals surface area contributed by atoms with E-state index in [9.17, 15) is 9.59 Å². The number of Topliss-reactive ketones (excluding diaryl/α,β-unsaturated/α-hetero) is 1. The van der Waals surface area contributed by atoms with E-state index >= 15 is 0 Å². The fourth-order valence-electron chi connectivity index (χ4n) is 1.77. The molecule has 0 aliphatic carbocycles. The van der Waals surface area contributed by atoms with Gasteiger partial charge in [0.1, 0.15) is 11.4 Å². The molecule has 1 amide bonds. The third-order valence-corrected chi connectivity index (χ3v) is 2.42. The Labute approximate surface area is 96.9 Å². The summed E-state index contributed by atoms with van der Waals surface area (Å²) in [5, 5.41) is 0. The van der Waals surface area contributed by atoms with Crippen molar-refractivity contribution in [3.05, 3.63) is 0 Å². The zero-order valence-electron chi connectivity index (χ0n) is 10.6. The Morgan fingerprint density at radius 3 is 2.62 bits per heavy atom. The highest BCUT2D eigenvalue weighted by Crippen LogP contribution is 2.16. The molecule has 1 aliphatic rings. The number of rotatable bonds is 0. The lowest BCUT2D eigenvalue weighted by Gasteiger charge is -2.27. The molecule has 1 rings (SSSR count).